The molecule has 0 fully saturated rings. The third kappa shape index (κ3) is 1.59. The van der Waals surface area contributed by atoms with Crippen molar-refractivity contribution in [2.45, 2.75) is 6.54 Å². The molecular weight excluding hydrogens is 220 g/mol. The van der Waals surface area contributed by atoms with E-state index in [9.17, 15) is 10.2 Å². The van der Waals surface area contributed by atoms with Gasteiger partial charge in [-0.15, -0.1) is 0 Å². The van der Waals surface area contributed by atoms with Crippen molar-refractivity contribution in [3.8, 4) is 11.8 Å². The van der Waals surface area contributed by atoms with Gasteiger partial charge in [-0.2, -0.15) is 15.4 Å². The highest BCUT2D eigenvalue weighted by Crippen LogP contribution is 2.23. The first kappa shape index (κ1) is 9.71. The van der Waals surface area contributed by atoms with Crippen LogP contribution in [0.4, 0.5) is 0 Å². The number of nitrogens with one attached hydrogen (secondary N) is 1. The second-order valence-electron chi connectivity index (χ2n) is 3.78. The lowest BCUT2D eigenvalue weighted by Crippen LogP contribution is -1.98. The Bertz CT molecular complexity index is 651. The fourth-order valence-corrected chi connectivity index (χ4v) is 1.78. The van der Waals surface area contributed by atoms with E-state index in [0.717, 1.165) is 16.6 Å². The number of fused-ring (bicyclic) bond motifs is 1. The average molecular weight is 230 g/mol. The summed E-state index contributed by atoms with van der Waals surface area (Å²) in [7, 11) is 0. The molecule has 3 aromatic rings. The monoisotopic (exact) mass is 230 g/mol. The van der Waals surface area contributed by atoms with E-state index >= 15 is 0 Å². The predicted octanol–water partition coefficient (Wildman–Crippen LogP) is 1.22. The summed E-state index contributed by atoms with van der Waals surface area (Å²) in [4.78, 5) is 0. The third-order valence-corrected chi connectivity index (χ3v) is 2.66. The molecule has 3 rings (SSSR count). The number of hydrogen-bond donors (Lipinski definition) is 3. The second kappa shape index (κ2) is 3.51. The smallest absolute Gasteiger partial charge is 0.194 e. The minimum Gasteiger partial charge on any atom is -0.494 e. The van der Waals surface area contributed by atoms with Gasteiger partial charge in [-0.25, -0.2) is 0 Å². The van der Waals surface area contributed by atoms with Crippen LogP contribution in [0.1, 0.15) is 5.56 Å². The van der Waals surface area contributed by atoms with Crippen LogP contribution in [0.3, 0.4) is 0 Å². The van der Waals surface area contributed by atoms with Crippen LogP contribution in [0.5, 0.6) is 11.8 Å². The lowest BCUT2D eigenvalue weighted by atomic mass is 10.2. The summed E-state index contributed by atoms with van der Waals surface area (Å²) in [6.07, 6.45) is 0. The first-order valence-electron chi connectivity index (χ1n) is 5.11. The van der Waals surface area contributed by atoms with Gasteiger partial charge < -0.3 is 10.2 Å². The molecule has 6 nitrogen and oxygen atoms in total. The van der Waals surface area contributed by atoms with Crippen molar-refractivity contribution in [2.24, 2.45) is 0 Å². The highest BCUT2D eigenvalue weighted by atomic mass is 16.3. The van der Waals surface area contributed by atoms with E-state index in [1.807, 2.05) is 18.2 Å². The van der Waals surface area contributed by atoms with E-state index in [-0.39, 0.29) is 11.8 Å². The van der Waals surface area contributed by atoms with E-state index in [0.29, 0.717) is 6.54 Å². The highest BCUT2D eigenvalue weighted by molar-refractivity contribution is 5.74. The minimum absolute atomic E-state index is 0.0303. The number of rotatable bonds is 2. The predicted molar refractivity (Wildman–Crippen MR) is 60.8 cm³/mol. The van der Waals surface area contributed by atoms with E-state index in [4.69, 9.17) is 0 Å². The topological polar surface area (TPSA) is 87.0 Å². The molecule has 0 spiro atoms. The fourth-order valence-electron chi connectivity index (χ4n) is 1.78. The minimum atomic E-state index is 0.0303. The molecule has 2 heterocycles. The van der Waals surface area contributed by atoms with Gasteiger partial charge in [-0.1, -0.05) is 6.07 Å². The lowest BCUT2D eigenvalue weighted by molar-refractivity contribution is 0.377. The molecule has 17 heavy (non-hydrogen) atoms. The van der Waals surface area contributed by atoms with E-state index < -0.39 is 0 Å². The number of aromatic amines is 1. The Morgan fingerprint density at radius 1 is 1.00 bits per heavy atom. The molecule has 0 aliphatic heterocycles. The number of nitrogens with zero attached hydrogens (tertiary/aromatic N) is 3. The summed E-state index contributed by atoms with van der Waals surface area (Å²) in [6.45, 7) is 0.382. The van der Waals surface area contributed by atoms with Crippen LogP contribution in [0.2, 0.25) is 0 Å². The van der Waals surface area contributed by atoms with Crippen molar-refractivity contribution in [2.75, 3.05) is 0 Å². The van der Waals surface area contributed by atoms with E-state index in [2.05, 4.69) is 15.4 Å². The Hall–Kier alpha value is -2.50. The van der Waals surface area contributed by atoms with Gasteiger partial charge in [0.2, 0.25) is 0 Å². The maximum absolute atomic E-state index is 9.53. The van der Waals surface area contributed by atoms with Gasteiger partial charge in [-0.3, -0.25) is 4.57 Å². The molecule has 1 aromatic carbocycles. The Balaban J connectivity index is 1.99. The van der Waals surface area contributed by atoms with Gasteiger partial charge in [0.15, 0.2) is 11.8 Å². The quantitative estimate of drug-likeness (QED) is 0.617. The molecule has 0 saturated heterocycles. The molecule has 0 radical (unpaired) electrons. The molecule has 2 aromatic heterocycles. The normalized spacial score (nSPS) is 11.1. The van der Waals surface area contributed by atoms with Crippen molar-refractivity contribution in [3.05, 3.63) is 35.9 Å². The first-order valence-corrected chi connectivity index (χ1v) is 5.11. The van der Waals surface area contributed by atoms with Gasteiger partial charge in [0.05, 0.1) is 6.54 Å². The van der Waals surface area contributed by atoms with Crippen LogP contribution < -0.4 is 0 Å². The highest BCUT2D eigenvalue weighted by Gasteiger charge is 2.07. The molecule has 0 amide bonds. The number of aromatic hydroxyl groups is 2. The van der Waals surface area contributed by atoms with Crippen LogP contribution in [-0.4, -0.2) is 30.2 Å². The zero-order valence-electron chi connectivity index (χ0n) is 8.83. The Kier molecular flexibility index (Phi) is 2.01. The standard InChI is InChI=1S/C11H10N4O2/c16-10-3-4-11(17)15(10)6-7-1-2-8-9(5-7)13-14-12-8/h1-5,16-17H,6H2,(H,12,13,14). The molecule has 0 aliphatic rings. The van der Waals surface area contributed by atoms with Crippen molar-refractivity contribution in [1.29, 1.82) is 0 Å². The number of H-pyrrole nitrogens is 1. The van der Waals surface area contributed by atoms with E-state index in [1.54, 1.807) is 0 Å². The van der Waals surface area contributed by atoms with Crippen molar-refractivity contribution < 1.29 is 10.2 Å². The maximum atomic E-state index is 9.53. The summed E-state index contributed by atoms with van der Waals surface area (Å²) in [5.41, 5.74) is 2.47. The summed E-state index contributed by atoms with van der Waals surface area (Å²) >= 11 is 0. The van der Waals surface area contributed by atoms with Crippen LogP contribution >= 0.6 is 0 Å². The summed E-state index contributed by atoms with van der Waals surface area (Å²) in [6, 6.07) is 8.47. The van der Waals surface area contributed by atoms with Gasteiger partial charge in [-0.05, 0) is 17.7 Å². The number of hydrogen-bond acceptors (Lipinski definition) is 4. The Labute approximate surface area is 96.1 Å². The Morgan fingerprint density at radius 2 is 1.71 bits per heavy atom. The molecule has 0 aliphatic carbocycles. The largest absolute Gasteiger partial charge is 0.494 e. The molecular formula is C11H10N4O2. The summed E-state index contributed by atoms with van der Waals surface area (Å²) < 4.78 is 1.40. The fraction of sp³-hybridized carbons (Fsp3) is 0.0909. The SMILES string of the molecule is Oc1ccc(O)n1Cc1ccc2n[nH]nc2c1. The molecule has 86 valence electrons. The summed E-state index contributed by atoms with van der Waals surface area (Å²) in [5.74, 6) is 0.0606. The van der Waals surface area contributed by atoms with Crippen molar-refractivity contribution in [3.63, 3.8) is 0 Å². The zero-order valence-corrected chi connectivity index (χ0v) is 8.83. The average Bonchev–Trinajstić information content (AvgIpc) is 2.90. The molecule has 0 unspecified atom stereocenters. The maximum Gasteiger partial charge on any atom is 0.194 e. The Morgan fingerprint density at radius 3 is 2.47 bits per heavy atom. The molecule has 0 saturated carbocycles. The number of aromatic nitrogens is 4. The summed E-state index contributed by atoms with van der Waals surface area (Å²) in [5, 5.41) is 29.5. The first-order chi connectivity index (χ1) is 8.24. The van der Waals surface area contributed by atoms with Gasteiger partial charge in [0.1, 0.15) is 11.0 Å². The molecule has 0 bridgehead atoms. The van der Waals surface area contributed by atoms with Crippen LogP contribution in [0.15, 0.2) is 30.3 Å². The molecule has 0 atom stereocenters. The molecule has 3 N–H and O–H groups in total. The van der Waals surface area contributed by atoms with Crippen LogP contribution in [-0.2, 0) is 6.54 Å². The third-order valence-electron chi connectivity index (χ3n) is 2.66. The van der Waals surface area contributed by atoms with Crippen LogP contribution in [0, 0.1) is 0 Å². The lowest BCUT2D eigenvalue weighted by Gasteiger charge is -2.06. The molecule has 6 heteroatoms. The van der Waals surface area contributed by atoms with Crippen molar-refractivity contribution in [1.82, 2.24) is 20.0 Å². The van der Waals surface area contributed by atoms with Gasteiger partial charge in [0.25, 0.3) is 0 Å². The zero-order chi connectivity index (χ0) is 11.8. The van der Waals surface area contributed by atoms with Crippen LogP contribution in [0.25, 0.3) is 11.0 Å². The second-order valence-corrected chi connectivity index (χ2v) is 3.78. The van der Waals surface area contributed by atoms with Gasteiger partial charge >= 0.3 is 0 Å². The number of benzene rings is 1. The van der Waals surface area contributed by atoms with Crippen molar-refractivity contribution >= 4 is 11.0 Å². The van der Waals surface area contributed by atoms with Gasteiger partial charge in [0, 0.05) is 12.1 Å². The van der Waals surface area contributed by atoms with E-state index in [1.165, 1.54) is 16.7 Å².